The number of benzene rings is 3. The lowest BCUT2D eigenvalue weighted by molar-refractivity contribution is -0.115. The van der Waals surface area contributed by atoms with Gasteiger partial charge in [-0.25, -0.2) is 0 Å². The van der Waals surface area contributed by atoms with Gasteiger partial charge in [-0.2, -0.15) is 0 Å². The zero-order chi connectivity index (χ0) is 25.2. The first-order valence-corrected chi connectivity index (χ1v) is 12.3. The maximum atomic E-state index is 13.1. The summed E-state index contributed by atoms with van der Waals surface area (Å²) < 4.78 is 0. The largest absolute Gasteiger partial charge is 0.358 e. The Bertz CT molecular complexity index is 1560. The number of fused-ring (bicyclic) bond motifs is 1. The molecule has 2 aromatic heterocycles. The third-order valence-corrected chi connectivity index (χ3v) is 7.01. The summed E-state index contributed by atoms with van der Waals surface area (Å²) in [4.78, 5) is 22.7. The number of pyridine rings is 1. The number of H-pyrrole nitrogens is 1. The lowest BCUT2D eigenvalue weighted by Crippen LogP contribution is -2.15. The summed E-state index contributed by atoms with van der Waals surface area (Å²) in [6, 6.07) is 23.3. The van der Waals surface area contributed by atoms with Gasteiger partial charge in [0.25, 0.3) is 0 Å². The molecule has 0 radical (unpaired) electrons. The molecule has 0 aliphatic rings. The van der Waals surface area contributed by atoms with E-state index in [2.05, 4.69) is 15.3 Å². The van der Waals surface area contributed by atoms with Crippen molar-refractivity contribution in [2.24, 2.45) is 0 Å². The standard InChI is InChI=1S/C29H24Cl2N4O/c1-18-23(22-7-3-4-8-27(22)33-18)16-29(36)34-20-10-12-28(35(2)21-6-5-13-32-17-21)24(15-20)19-9-11-25(30)26(31)14-19/h3-15,17,33H,16H2,1-2H3,(H,34,36). The second kappa shape index (κ2) is 10.1. The maximum absolute atomic E-state index is 13.1. The smallest absolute Gasteiger partial charge is 0.228 e. The van der Waals surface area contributed by atoms with E-state index in [1.54, 1.807) is 18.5 Å². The first-order valence-electron chi connectivity index (χ1n) is 11.5. The average Bonchev–Trinajstić information content (AvgIpc) is 3.20. The molecule has 0 bridgehead atoms. The molecule has 1 amide bonds. The number of nitrogens with zero attached hydrogens (tertiary/aromatic N) is 2. The minimum atomic E-state index is -0.0868. The second-order valence-corrected chi connectivity index (χ2v) is 9.44. The van der Waals surface area contributed by atoms with Gasteiger partial charge in [0.2, 0.25) is 5.91 Å². The van der Waals surface area contributed by atoms with Crippen molar-refractivity contribution < 1.29 is 4.79 Å². The Labute approximate surface area is 219 Å². The summed E-state index contributed by atoms with van der Waals surface area (Å²) in [5.41, 5.74) is 7.39. The molecule has 180 valence electrons. The molecule has 0 atom stereocenters. The molecule has 5 nitrogen and oxygen atoms in total. The summed E-state index contributed by atoms with van der Waals surface area (Å²) in [5.74, 6) is -0.0868. The molecule has 0 aliphatic heterocycles. The highest BCUT2D eigenvalue weighted by Gasteiger charge is 2.16. The molecular weight excluding hydrogens is 491 g/mol. The first kappa shape index (κ1) is 23.9. The van der Waals surface area contributed by atoms with Crippen LogP contribution in [0.25, 0.3) is 22.0 Å². The predicted octanol–water partition coefficient (Wildman–Crippen LogP) is 7.79. The maximum Gasteiger partial charge on any atom is 0.228 e. The van der Waals surface area contributed by atoms with Gasteiger partial charge in [0.15, 0.2) is 0 Å². The van der Waals surface area contributed by atoms with Gasteiger partial charge in [-0.05, 0) is 66.6 Å². The molecule has 2 heterocycles. The number of nitrogens with one attached hydrogen (secondary N) is 2. The number of aromatic amines is 1. The van der Waals surface area contributed by atoms with Gasteiger partial charge in [-0.15, -0.1) is 0 Å². The fraction of sp³-hybridized carbons (Fsp3) is 0.103. The van der Waals surface area contributed by atoms with Crippen molar-refractivity contribution in [1.29, 1.82) is 0 Å². The van der Waals surface area contributed by atoms with Gasteiger partial charge in [0, 0.05) is 46.8 Å². The highest BCUT2D eigenvalue weighted by Crippen LogP contribution is 2.38. The summed E-state index contributed by atoms with van der Waals surface area (Å²) in [6.45, 7) is 1.99. The Morgan fingerprint density at radius 3 is 2.61 bits per heavy atom. The summed E-state index contributed by atoms with van der Waals surface area (Å²) in [7, 11) is 1.98. The van der Waals surface area contributed by atoms with E-state index in [0.717, 1.165) is 44.7 Å². The Hall–Kier alpha value is -3.80. The Morgan fingerprint density at radius 1 is 1.00 bits per heavy atom. The highest BCUT2D eigenvalue weighted by atomic mass is 35.5. The van der Waals surface area contributed by atoms with E-state index in [0.29, 0.717) is 15.7 Å². The van der Waals surface area contributed by atoms with Gasteiger partial charge in [0.05, 0.1) is 28.4 Å². The number of carbonyl (C=O) groups is 1. The normalized spacial score (nSPS) is 11.0. The van der Waals surface area contributed by atoms with Crippen LogP contribution < -0.4 is 10.2 Å². The van der Waals surface area contributed by atoms with Crippen molar-refractivity contribution in [3.63, 3.8) is 0 Å². The molecule has 0 unspecified atom stereocenters. The Balaban J connectivity index is 1.48. The molecular formula is C29H24Cl2N4O. The molecule has 0 fully saturated rings. The van der Waals surface area contributed by atoms with Gasteiger partial charge in [0.1, 0.15) is 0 Å². The molecule has 2 N–H and O–H groups in total. The highest BCUT2D eigenvalue weighted by molar-refractivity contribution is 6.42. The summed E-state index contributed by atoms with van der Waals surface area (Å²) in [5, 5.41) is 5.09. The van der Waals surface area contributed by atoms with Crippen LogP contribution >= 0.6 is 23.2 Å². The molecule has 0 aliphatic carbocycles. The zero-order valence-corrected chi connectivity index (χ0v) is 21.4. The zero-order valence-electron chi connectivity index (χ0n) is 19.8. The Morgan fingerprint density at radius 2 is 1.83 bits per heavy atom. The van der Waals surface area contributed by atoms with E-state index in [9.17, 15) is 4.79 Å². The molecule has 0 spiro atoms. The number of para-hydroxylation sites is 1. The van der Waals surface area contributed by atoms with Crippen LogP contribution in [0.15, 0.2) is 85.2 Å². The van der Waals surface area contributed by atoms with Crippen LogP contribution in [-0.2, 0) is 11.2 Å². The van der Waals surface area contributed by atoms with Gasteiger partial charge in [-0.1, -0.05) is 47.5 Å². The van der Waals surface area contributed by atoms with Crippen LogP contribution in [0.1, 0.15) is 11.3 Å². The second-order valence-electron chi connectivity index (χ2n) is 8.63. The third-order valence-electron chi connectivity index (χ3n) is 6.27. The lowest BCUT2D eigenvalue weighted by atomic mass is 10.0. The fourth-order valence-corrected chi connectivity index (χ4v) is 4.72. The average molecular weight is 515 g/mol. The molecule has 0 saturated heterocycles. The summed E-state index contributed by atoms with van der Waals surface area (Å²) >= 11 is 12.5. The van der Waals surface area contributed by atoms with E-state index in [4.69, 9.17) is 23.2 Å². The van der Waals surface area contributed by atoms with Crippen LogP contribution in [0.4, 0.5) is 17.1 Å². The monoisotopic (exact) mass is 514 g/mol. The SMILES string of the molecule is Cc1[nH]c2ccccc2c1CC(=O)Nc1ccc(N(C)c2cccnc2)c(-c2ccc(Cl)c(Cl)c2)c1. The van der Waals surface area contributed by atoms with Crippen LogP contribution in [0, 0.1) is 6.92 Å². The van der Waals surface area contributed by atoms with Crippen molar-refractivity contribution in [3.8, 4) is 11.1 Å². The van der Waals surface area contributed by atoms with Crippen LogP contribution in [-0.4, -0.2) is 22.9 Å². The van der Waals surface area contributed by atoms with Crippen molar-refractivity contribution in [3.05, 3.63) is 106 Å². The number of anilines is 3. The number of aromatic nitrogens is 2. The number of hydrogen-bond donors (Lipinski definition) is 2. The molecule has 0 saturated carbocycles. The van der Waals surface area contributed by atoms with Crippen LogP contribution in [0.5, 0.6) is 0 Å². The van der Waals surface area contributed by atoms with Gasteiger partial charge >= 0.3 is 0 Å². The minimum absolute atomic E-state index is 0.0868. The number of aryl methyl sites for hydroxylation is 1. The van der Waals surface area contributed by atoms with Crippen molar-refractivity contribution in [2.75, 3.05) is 17.3 Å². The minimum Gasteiger partial charge on any atom is -0.358 e. The predicted molar refractivity (Wildman–Crippen MR) is 150 cm³/mol. The number of carbonyl (C=O) groups excluding carboxylic acids is 1. The van der Waals surface area contributed by atoms with Crippen molar-refractivity contribution >= 4 is 57.1 Å². The number of halogens is 2. The topological polar surface area (TPSA) is 61.0 Å². The number of amides is 1. The molecule has 5 rings (SSSR count). The Kier molecular flexibility index (Phi) is 6.68. The fourth-order valence-electron chi connectivity index (χ4n) is 4.42. The van der Waals surface area contributed by atoms with Crippen LogP contribution in [0.2, 0.25) is 10.0 Å². The lowest BCUT2D eigenvalue weighted by Gasteiger charge is -2.23. The number of hydrogen-bond acceptors (Lipinski definition) is 3. The van der Waals surface area contributed by atoms with E-state index in [1.807, 2.05) is 85.6 Å². The number of rotatable bonds is 6. The van der Waals surface area contributed by atoms with Crippen molar-refractivity contribution in [1.82, 2.24) is 9.97 Å². The molecule has 5 aromatic rings. The quantitative estimate of drug-likeness (QED) is 0.243. The summed E-state index contributed by atoms with van der Waals surface area (Å²) in [6.07, 6.45) is 3.82. The molecule has 3 aromatic carbocycles. The molecule has 7 heteroatoms. The third kappa shape index (κ3) is 4.81. The first-order chi connectivity index (χ1) is 17.4. The van der Waals surface area contributed by atoms with Gasteiger partial charge < -0.3 is 15.2 Å². The molecule has 36 heavy (non-hydrogen) atoms. The van der Waals surface area contributed by atoms with Crippen molar-refractivity contribution in [2.45, 2.75) is 13.3 Å². The van der Waals surface area contributed by atoms with E-state index in [1.165, 1.54) is 0 Å². The van der Waals surface area contributed by atoms with Gasteiger partial charge in [-0.3, -0.25) is 9.78 Å². The van der Waals surface area contributed by atoms with E-state index >= 15 is 0 Å². The van der Waals surface area contributed by atoms with Crippen LogP contribution in [0.3, 0.4) is 0 Å². The van der Waals surface area contributed by atoms with E-state index < -0.39 is 0 Å². The van der Waals surface area contributed by atoms with E-state index in [-0.39, 0.29) is 12.3 Å².